The fourth-order valence-corrected chi connectivity index (χ4v) is 4.15. The molecule has 1 atom stereocenters. The molecule has 0 amide bonds. The van der Waals surface area contributed by atoms with Crippen molar-refractivity contribution in [3.05, 3.63) is 24.3 Å². The van der Waals surface area contributed by atoms with E-state index in [1.807, 2.05) is 19.1 Å². The molecule has 5 nitrogen and oxygen atoms in total. The standard InChI is InChI=1S/C14H20N2O3S/c1-2-3-6-9-20(18,19)16-12(11-17)10-15-13-7-4-5-8-14(13)16/h4-5,7-8,11-12,15H,2-3,6,9-10H2,1H3. The highest BCUT2D eigenvalue weighted by Gasteiger charge is 2.34. The highest BCUT2D eigenvalue weighted by molar-refractivity contribution is 7.92. The van der Waals surface area contributed by atoms with Crippen LogP contribution >= 0.6 is 0 Å². The average Bonchev–Trinajstić information content (AvgIpc) is 2.46. The summed E-state index contributed by atoms with van der Waals surface area (Å²) in [5.41, 5.74) is 1.32. The number of nitrogens with zero attached hydrogens (tertiary/aromatic N) is 1. The predicted molar refractivity (Wildman–Crippen MR) is 80.6 cm³/mol. The summed E-state index contributed by atoms with van der Waals surface area (Å²) in [5.74, 6) is 0.0829. The third kappa shape index (κ3) is 2.95. The first kappa shape index (κ1) is 14.8. The summed E-state index contributed by atoms with van der Waals surface area (Å²) in [5, 5.41) is 3.10. The number of para-hydroxylation sites is 2. The van der Waals surface area contributed by atoms with Crippen LogP contribution in [0.1, 0.15) is 26.2 Å². The number of nitrogens with one attached hydrogen (secondary N) is 1. The van der Waals surface area contributed by atoms with Gasteiger partial charge in [0, 0.05) is 6.54 Å². The van der Waals surface area contributed by atoms with Crippen LogP contribution in [0.3, 0.4) is 0 Å². The third-order valence-corrected chi connectivity index (χ3v) is 5.28. The minimum absolute atomic E-state index is 0.0829. The Labute approximate surface area is 120 Å². The number of carbonyl (C=O) groups excluding carboxylic acids is 1. The zero-order chi connectivity index (χ0) is 14.6. The Morgan fingerprint density at radius 2 is 2.10 bits per heavy atom. The maximum absolute atomic E-state index is 12.5. The Morgan fingerprint density at radius 1 is 1.35 bits per heavy atom. The summed E-state index contributed by atoms with van der Waals surface area (Å²) < 4.78 is 26.3. The van der Waals surface area contributed by atoms with E-state index in [4.69, 9.17) is 0 Å². The highest BCUT2D eigenvalue weighted by atomic mass is 32.2. The second kappa shape index (κ2) is 6.26. The number of rotatable bonds is 6. The molecule has 1 N–H and O–H groups in total. The Morgan fingerprint density at radius 3 is 2.80 bits per heavy atom. The van der Waals surface area contributed by atoms with Gasteiger partial charge in [0.2, 0.25) is 10.0 Å². The maximum atomic E-state index is 12.5. The van der Waals surface area contributed by atoms with Gasteiger partial charge in [0.1, 0.15) is 12.3 Å². The molecule has 1 aliphatic heterocycles. The second-order valence-corrected chi connectivity index (χ2v) is 6.89. The fraction of sp³-hybridized carbons (Fsp3) is 0.500. The minimum Gasteiger partial charge on any atom is -0.381 e. The van der Waals surface area contributed by atoms with Crippen LogP contribution in [0.4, 0.5) is 11.4 Å². The van der Waals surface area contributed by atoms with Gasteiger partial charge in [-0.05, 0) is 18.6 Å². The van der Waals surface area contributed by atoms with Crippen molar-refractivity contribution in [3.8, 4) is 0 Å². The normalized spacial score (nSPS) is 18.2. The lowest BCUT2D eigenvalue weighted by Crippen LogP contribution is -2.49. The van der Waals surface area contributed by atoms with E-state index in [0.717, 1.165) is 18.5 Å². The van der Waals surface area contributed by atoms with Crippen molar-refractivity contribution in [2.75, 3.05) is 21.9 Å². The van der Waals surface area contributed by atoms with Gasteiger partial charge in [-0.3, -0.25) is 4.31 Å². The van der Waals surface area contributed by atoms with Crippen LogP contribution in [0.15, 0.2) is 24.3 Å². The van der Waals surface area contributed by atoms with Crippen LogP contribution in [0.5, 0.6) is 0 Å². The lowest BCUT2D eigenvalue weighted by Gasteiger charge is -2.35. The van der Waals surface area contributed by atoms with Crippen LogP contribution in [0, 0.1) is 0 Å². The molecule has 110 valence electrons. The average molecular weight is 296 g/mol. The Balaban J connectivity index is 2.33. The van der Waals surface area contributed by atoms with Crippen LogP contribution in [0.2, 0.25) is 0 Å². The molecule has 0 fully saturated rings. The number of hydrogen-bond acceptors (Lipinski definition) is 4. The van der Waals surface area contributed by atoms with E-state index in [2.05, 4.69) is 5.32 Å². The molecule has 1 aromatic rings. The Hall–Kier alpha value is -1.56. The molecule has 2 rings (SSSR count). The molecule has 0 saturated carbocycles. The molecule has 1 aromatic carbocycles. The first-order chi connectivity index (χ1) is 9.60. The summed E-state index contributed by atoms with van der Waals surface area (Å²) in [7, 11) is -3.47. The van der Waals surface area contributed by atoms with Gasteiger partial charge >= 0.3 is 0 Å². The summed E-state index contributed by atoms with van der Waals surface area (Å²) in [4.78, 5) is 11.2. The number of sulfonamides is 1. The topological polar surface area (TPSA) is 66.5 Å². The molecule has 0 aliphatic carbocycles. The van der Waals surface area contributed by atoms with Crippen molar-refractivity contribution in [3.63, 3.8) is 0 Å². The first-order valence-electron chi connectivity index (χ1n) is 6.90. The highest BCUT2D eigenvalue weighted by Crippen LogP contribution is 2.33. The summed E-state index contributed by atoms with van der Waals surface area (Å²) in [6.45, 7) is 2.34. The number of benzene rings is 1. The second-order valence-electron chi connectivity index (χ2n) is 4.92. The van der Waals surface area contributed by atoms with E-state index >= 15 is 0 Å². The van der Waals surface area contributed by atoms with Gasteiger partial charge in [0.05, 0.1) is 17.1 Å². The van der Waals surface area contributed by atoms with Gasteiger partial charge in [-0.15, -0.1) is 0 Å². The minimum atomic E-state index is -3.47. The fourth-order valence-electron chi connectivity index (χ4n) is 2.38. The smallest absolute Gasteiger partial charge is 0.235 e. The van der Waals surface area contributed by atoms with E-state index in [-0.39, 0.29) is 5.75 Å². The van der Waals surface area contributed by atoms with Crippen molar-refractivity contribution in [2.45, 2.75) is 32.2 Å². The van der Waals surface area contributed by atoms with Gasteiger partial charge in [-0.2, -0.15) is 0 Å². The number of fused-ring (bicyclic) bond motifs is 1. The number of carbonyl (C=O) groups is 1. The molecule has 0 bridgehead atoms. The molecule has 1 aliphatic rings. The zero-order valence-corrected chi connectivity index (χ0v) is 12.4. The molecule has 0 radical (unpaired) electrons. The molecule has 1 unspecified atom stereocenters. The number of aldehydes is 1. The van der Waals surface area contributed by atoms with Crippen molar-refractivity contribution >= 4 is 27.7 Å². The van der Waals surface area contributed by atoms with E-state index in [1.54, 1.807) is 12.1 Å². The lowest BCUT2D eigenvalue weighted by atomic mass is 10.2. The first-order valence-corrected chi connectivity index (χ1v) is 8.51. The summed E-state index contributed by atoms with van der Waals surface area (Å²) >= 11 is 0. The molecule has 6 heteroatoms. The van der Waals surface area contributed by atoms with E-state index < -0.39 is 16.1 Å². The molecule has 0 spiro atoms. The Kier molecular flexibility index (Phi) is 4.65. The van der Waals surface area contributed by atoms with Gasteiger partial charge < -0.3 is 10.1 Å². The van der Waals surface area contributed by atoms with Crippen LogP contribution in [-0.2, 0) is 14.8 Å². The SMILES string of the molecule is CCCCCS(=O)(=O)N1c2ccccc2NCC1C=O. The largest absolute Gasteiger partial charge is 0.381 e. The molecular formula is C14H20N2O3S. The van der Waals surface area contributed by atoms with Gasteiger partial charge in [0.15, 0.2) is 0 Å². The predicted octanol–water partition coefficient (Wildman–Crippen LogP) is 2.01. The van der Waals surface area contributed by atoms with Crippen LogP contribution in [0.25, 0.3) is 0 Å². The van der Waals surface area contributed by atoms with Gasteiger partial charge in [-0.25, -0.2) is 8.42 Å². The van der Waals surface area contributed by atoms with Crippen molar-refractivity contribution in [1.29, 1.82) is 0 Å². The zero-order valence-electron chi connectivity index (χ0n) is 11.6. The molecule has 20 heavy (non-hydrogen) atoms. The molecule has 1 heterocycles. The monoisotopic (exact) mass is 296 g/mol. The van der Waals surface area contributed by atoms with E-state index in [9.17, 15) is 13.2 Å². The Bertz CT molecular complexity index is 572. The lowest BCUT2D eigenvalue weighted by molar-refractivity contribution is -0.108. The number of hydrogen-bond donors (Lipinski definition) is 1. The van der Waals surface area contributed by atoms with Crippen molar-refractivity contribution in [1.82, 2.24) is 0 Å². The third-order valence-electron chi connectivity index (χ3n) is 3.41. The van der Waals surface area contributed by atoms with Crippen molar-refractivity contribution < 1.29 is 13.2 Å². The number of unbranched alkanes of at least 4 members (excludes halogenated alkanes) is 2. The number of anilines is 2. The molecule has 0 saturated heterocycles. The summed E-state index contributed by atoms with van der Waals surface area (Å²) in [6.07, 6.45) is 3.15. The van der Waals surface area contributed by atoms with Gasteiger partial charge in [0.25, 0.3) is 0 Å². The maximum Gasteiger partial charge on any atom is 0.235 e. The van der Waals surface area contributed by atoms with Crippen LogP contribution in [-0.4, -0.2) is 33.0 Å². The van der Waals surface area contributed by atoms with Crippen molar-refractivity contribution in [2.24, 2.45) is 0 Å². The van der Waals surface area contributed by atoms with E-state index in [0.29, 0.717) is 24.9 Å². The molecular weight excluding hydrogens is 276 g/mol. The summed E-state index contributed by atoms with van der Waals surface area (Å²) in [6, 6.07) is 6.51. The van der Waals surface area contributed by atoms with Gasteiger partial charge in [-0.1, -0.05) is 31.9 Å². The molecule has 0 aromatic heterocycles. The quantitative estimate of drug-likeness (QED) is 0.644. The van der Waals surface area contributed by atoms with E-state index in [1.165, 1.54) is 4.31 Å². The van der Waals surface area contributed by atoms with Crippen LogP contribution < -0.4 is 9.62 Å².